The Labute approximate surface area is 238 Å². The van der Waals surface area contributed by atoms with E-state index >= 15 is 0 Å². The molecule has 1 aliphatic carbocycles. The Morgan fingerprint density at radius 2 is 1.62 bits per heavy atom. The fraction of sp³-hybridized carbons (Fsp3) is 0.700. The Morgan fingerprint density at radius 3 is 2.21 bits per heavy atom. The van der Waals surface area contributed by atoms with Crippen LogP contribution < -0.4 is 16.0 Å². The van der Waals surface area contributed by atoms with Gasteiger partial charge in [-0.15, -0.1) is 0 Å². The molecule has 0 unspecified atom stereocenters. The maximum Gasteiger partial charge on any atom is 0.408 e. The molecule has 9 heteroatoms. The summed E-state index contributed by atoms with van der Waals surface area (Å²) in [5.74, 6) is -0.00222. The van der Waals surface area contributed by atoms with E-state index in [-0.39, 0.29) is 18.2 Å². The molecule has 0 aliphatic heterocycles. The van der Waals surface area contributed by atoms with Crippen LogP contribution in [-0.4, -0.2) is 63.8 Å². The Kier molecular flexibility index (Phi) is 13.6. The van der Waals surface area contributed by atoms with Crippen molar-refractivity contribution in [2.75, 3.05) is 5.75 Å². The van der Waals surface area contributed by atoms with E-state index in [9.17, 15) is 19.5 Å². The van der Waals surface area contributed by atoms with Crippen LogP contribution in [0.15, 0.2) is 30.3 Å². The zero-order valence-electron chi connectivity index (χ0n) is 24.5. The maximum absolute atomic E-state index is 13.2. The fourth-order valence-electron chi connectivity index (χ4n) is 4.60. The number of benzene rings is 1. The minimum atomic E-state index is -0.929. The number of amides is 3. The van der Waals surface area contributed by atoms with Gasteiger partial charge in [-0.3, -0.25) is 9.59 Å². The van der Waals surface area contributed by atoms with Crippen molar-refractivity contribution < 1.29 is 24.2 Å². The van der Waals surface area contributed by atoms with Crippen molar-refractivity contribution in [3.8, 4) is 0 Å². The first-order valence-corrected chi connectivity index (χ1v) is 15.3. The second kappa shape index (κ2) is 16.1. The van der Waals surface area contributed by atoms with Crippen molar-refractivity contribution in [3.63, 3.8) is 0 Å². The van der Waals surface area contributed by atoms with Crippen LogP contribution >= 0.6 is 11.8 Å². The third-order valence-electron chi connectivity index (χ3n) is 6.61. The van der Waals surface area contributed by atoms with E-state index in [1.54, 1.807) is 39.5 Å². The number of carbonyl (C=O) groups is 3. The molecule has 2 rings (SSSR count). The van der Waals surface area contributed by atoms with Gasteiger partial charge in [0.05, 0.1) is 12.1 Å². The van der Waals surface area contributed by atoms with Gasteiger partial charge in [0.2, 0.25) is 11.8 Å². The lowest BCUT2D eigenvalue weighted by atomic mass is 9.99. The number of alkyl carbamates (subject to hydrolysis) is 1. The summed E-state index contributed by atoms with van der Waals surface area (Å²) in [6.45, 7) is 11.0. The van der Waals surface area contributed by atoms with Gasteiger partial charge in [0.1, 0.15) is 17.7 Å². The van der Waals surface area contributed by atoms with Crippen molar-refractivity contribution in [3.05, 3.63) is 35.9 Å². The van der Waals surface area contributed by atoms with E-state index in [0.29, 0.717) is 17.4 Å². The average Bonchev–Trinajstić information content (AvgIpc) is 2.86. The number of aliphatic hydroxyl groups excluding tert-OH is 1. The largest absolute Gasteiger partial charge is 0.444 e. The van der Waals surface area contributed by atoms with E-state index in [1.807, 2.05) is 30.3 Å². The van der Waals surface area contributed by atoms with Gasteiger partial charge in [-0.25, -0.2) is 4.79 Å². The molecule has 0 aromatic heterocycles. The third kappa shape index (κ3) is 13.1. The molecule has 4 atom stereocenters. The lowest BCUT2D eigenvalue weighted by Gasteiger charge is -2.29. The summed E-state index contributed by atoms with van der Waals surface area (Å²) in [5.41, 5.74) is 0.147. The Balaban J connectivity index is 2.01. The van der Waals surface area contributed by atoms with Crippen molar-refractivity contribution in [2.24, 2.45) is 5.92 Å². The molecule has 0 saturated heterocycles. The molecular weight excluding hydrogens is 514 g/mol. The average molecular weight is 564 g/mol. The number of ether oxygens (including phenoxy) is 1. The number of aliphatic hydroxyl groups is 1. The van der Waals surface area contributed by atoms with E-state index < -0.39 is 41.8 Å². The lowest BCUT2D eigenvalue weighted by molar-refractivity contribution is -0.130. The van der Waals surface area contributed by atoms with Gasteiger partial charge in [-0.05, 0) is 58.4 Å². The van der Waals surface area contributed by atoms with E-state index in [1.165, 1.54) is 32.1 Å². The molecule has 0 bridgehead atoms. The van der Waals surface area contributed by atoms with Crippen LogP contribution in [0.5, 0.6) is 0 Å². The molecule has 1 fully saturated rings. The highest BCUT2D eigenvalue weighted by atomic mass is 32.2. The van der Waals surface area contributed by atoms with Gasteiger partial charge < -0.3 is 25.8 Å². The topological polar surface area (TPSA) is 117 Å². The normalized spacial score (nSPS) is 17.5. The van der Waals surface area contributed by atoms with Gasteiger partial charge in [-0.2, -0.15) is 11.8 Å². The van der Waals surface area contributed by atoms with E-state index in [2.05, 4.69) is 29.8 Å². The van der Waals surface area contributed by atoms with Crippen LogP contribution in [0.25, 0.3) is 0 Å². The molecule has 1 saturated carbocycles. The van der Waals surface area contributed by atoms with Crippen LogP contribution in [0.3, 0.4) is 0 Å². The van der Waals surface area contributed by atoms with Gasteiger partial charge in [-0.1, -0.05) is 63.4 Å². The standard InChI is InChI=1S/C30H49N3O5S/c1-20(2)17-24(26(34)19-39-23-15-11-8-12-16-23)32-27(35)21(3)31-28(36)25(18-22-13-9-7-10-14-22)33-29(37)38-30(4,5)6/h7,9-10,13-14,20-21,23-26,34H,8,11-12,15-19H2,1-6H3,(H,31,36)(H,32,35)(H,33,37)/t21-,24+,25-,26+/m0/s1. The molecular formula is C30H49N3O5S. The molecule has 8 nitrogen and oxygen atoms in total. The first kappa shape index (κ1) is 32.9. The monoisotopic (exact) mass is 563 g/mol. The predicted molar refractivity (Wildman–Crippen MR) is 158 cm³/mol. The van der Waals surface area contributed by atoms with Gasteiger partial charge in [0, 0.05) is 17.4 Å². The molecule has 1 aromatic carbocycles. The number of hydrogen-bond donors (Lipinski definition) is 4. The first-order valence-electron chi connectivity index (χ1n) is 14.3. The molecule has 39 heavy (non-hydrogen) atoms. The number of rotatable bonds is 13. The molecule has 1 aliphatic rings. The summed E-state index contributed by atoms with van der Waals surface area (Å²) in [6, 6.07) is 7.15. The minimum Gasteiger partial charge on any atom is -0.444 e. The number of nitrogens with one attached hydrogen (secondary N) is 3. The summed E-state index contributed by atoms with van der Waals surface area (Å²) in [6.07, 6.45) is 5.64. The smallest absolute Gasteiger partial charge is 0.408 e. The summed E-state index contributed by atoms with van der Waals surface area (Å²) in [7, 11) is 0. The van der Waals surface area contributed by atoms with Crippen LogP contribution in [0.1, 0.15) is 85.6 Å². The molecule has 4 N–H and O–H groups in total. The zero-order valence-corrected chi connectivity index (χ0v) is 25.3. The van der Waals surface area contributed by atoms with Crippen LogP contribution in [0.2, 0.25) is 0 Å². The highest BCUT2D eigenvalue weighted by molar-refractivity contribution is 7.99. The summed E-state index contributed by atoms with van der Waals surface area (Å²) in [4.78, 5) is 38.8. The zero-order chi connectivity index (χ0) is 29.0. The molecule has 0 radical (unpaired) electrons. The van der Waals surface area contributed by atoms with Crippen LogP contribution in [-0.2, 0) is 20.7 Å². The van der Waals surface area contributed by atoms with Crippen LogP contribution in [0, 0.1) is 5.92 Å². The van der Waals surface area contributed by atoms with E-state index in [0.717, 1.165) is 5.56 Å². The summed E-state index contributed by atoms with van der Waals surface area (Å²) >= 11 is 1.80. The number of thioether (sulfide) groups is 1. The number of hydrogen-bond acceptors (Lipinski definition) is 6. The minimum absolute atomic E-state index is 0.243. The van der Waals surface area contributed by atoms with Crippen molar-refractivity contribution in [1.29, 1.82) is 0 Å². The highest BCUT2D eigenvalue weighted by Gasteiger charge is 2.29. The second-order valence-electron chi connectivity index (χ2n) is 12.0. The van der Waals surface area contributed by atoms with Gasteiger partial charge in [0.15, 0.2) is 0 Å². The van der Waals surface area contributed by atoms with E-state index in [4.69, 9.17) is 4.74 Å². The Hall–Kier alpha value is -2.26. The molecule has 220 valence electrons. The SMILES string of the molecule is CC(C)C[C@@H](NC(=O)[C@H](C)NC(=O)[C@H](Cc1ccccc1)NC(=O)OC(C)(C)C)[C@H](O)CSC1CCCCC1. The van der Waals surface area contributed by atoms with Crippen molar-refractivity contribution in [2.45, 2.75) is 122 Å². The molecule has 1 aromatic rings. The third-order valence-corrected chi connectivity index (χ3v) is 8.09. The van der Waals surface area contributed by atoms with Gasteiger partial charge in [0.25, 0.3) is 0 Å². The quantitative estimate of drug-likeness (QED) is 0.279. The van der Waals surface area contributed by atoms with Crippen LogP contribution in [0.4, 0.5) is 4.79 Å². The number of carbonyl (C=O) groups excluding carboxylic acids is 3. The van der Waals surface area contributed by atoms with Crippen molar-refractivity contribution >= 4 is 29.7 Å². The van der Waals surface area contributed by atoms with Crippen molar-refractivity contribution in [1.82, 2.24) is 16.0 Å². The fourth-order valence-corrected chi connectivity index (χ4v) is 5.97. The Bertz CT molecular complexity index is 900. The van der Waals surface area contributed by atoms with Gasteiger partial charge >= 0.3 is 6.09 Å². The maximum atomic E-state index is 13.2. The summed E-state index contributed by atoms with van der Waals surface area (Å²) in [5, 5.41) is 19.9. The highest BCUT2D eigenvalue weighted by Crippen LogP contribution is 2.29. The predicted octanol–water partition coefficient (Wildman–Crippen LogP) is 4.58. The molecule has 0 spiro atoms. The second-order valence-corrected chi connectivity index (χ2v) is 13.4. The molecule has 3 amide bonds. The summed E-state index contributed by atoms with van der Waals surface area (Å²) < 4.78 is 5.35. The lowest BCUT2D eigenvalue weighted by Crippen LogP contribution is -2.56. The first-order chi connectivity index (χ1) is 18.3. The molecule has 0 heterocycles. The Morgan fingerprint density at radius 1 is 0.974 bits per heavy atom.